The quantitative estimate of drug-likeness (QED) is 0.499. The summed E-state index contributed by atoms with van der Waals surface area (Å²) in [6.45, 7) is 0. The lowest BCUT2D eigenvalue weighted by molar-refractivity contribution is -0.139. The summed E-state index contributed by atoms with van der Waals surface area (Å²) in [6.07, 6.45) is 0.801. The van der Waals surface area contributed by atoms with E-state index in [-0.39, 0.29) is 23.3 Å². The van der Waals surface area contributed by atoms with Crippen molar-refractivity contribution in [1.29, 1.82) is 0 Å². The average Bonchev–Trinajstić information content (AvgIpc) is 2.87. The molecule has 0 unspecified atom stereocenters. The molecule has 0 atom stereocenters. The second-order valence-corrected chi connectivity index (χ2v) is 4.75. The SMILES string of the molecule is COC(=O)CC1=NNC(=O)/C1=C\c1c(O)n(C)c(=O)n(C)c1=O. The van der Waals surface area contributed by atoms with Crippen molar-refractivity contribution in [2.75, 3.05) is 7.11 Å². The van der Waals surface area contributed by atoms with Crippen LogP contribution in [-0.2, 0) is 28.4 Å². The summed E-state index contributed by atoms with van der Waals surface area (Å²) in [5, 5.41) is 13.7. The summed E-state index contributed by atoms with van der Waals surface area (Å²) in [6, 6.07) is 0. The van der Waals surface area contributed by atoms with Crippen molar-refractivity contribution in [1.82, 2.24) is 14.6 Å². The van der Waals surface area contributed by atoms with Crippen LogP contribution in [0.15, 0.2) is 20.3 Å². The van der Waals surface area contributed by atoms with E-state index < -0.39 is 29.0 Å². The van der Waals surface area contributed by atoms with Crippen LogP contribution in [0.4, 0.5) is 0 Å². The van der Waals surface area contributed by atoms with E-state index in [0.717, 1.165) is 15.2 Å². The van der Waals surface area contributed by atoms with E-state index >= 15 is 0 Å². The monoisotopic (exact) mass is 322 g/mol. The molecule has 0 spiro atoms. The zero-order valence-electron chi connectivity index (χ0n) is 12.6. The molecular weight excluding hydrogens is 308 g/mol. The van der Waals surface area contributed by atoms with Gasteiger partial charge < -0.3 is 9.84 Å². The molecule has 0 radical (unpaired) electrons. The van der Waals surface area contributed by atoms with Crippen molar-refractivity contribution in [3.8, 4) is 5.88 Å². The maximum Gasteiger partial charge on any atom is 0.333 e. The Kier molecular flexibility index (Phi) is 4.16. The van der Waals surface area contributed by atoms with E-state index in [1.54, 1.807) is 0 Å². The first kappa shape index (κ1) is 16.2. The normalized spacial score (nSPS) is 15.5. The van der Waals surface area contributed by atoms with Crippen LogP contribution < -0.4 is 16.7 Å². The predicted octanol–water partition coefficient (Wildman–Crippen LogP) is -1.78. The van der Waals surface area contributed by atoms with Gasteiger partial charge in [0, 0.05) is 14.1 Å². The predicted molar refractivity (Wildman–Crippen MR) is 78.8 cm³/mol. The molecule has 1 aromatic heterocycles. The van der Waals surface area contributed by atoms with Crippen LogP contribution in [0.2, 0.25) is 0 Å². The van der Waals surface area contributed by atoms with Crippen LogP contribution in [-0.4, -0.2) is 38.9 Å². The van der Waals surface area contributed by atoms with Gasteiger partial charge in [-0.2, -0.15) is 5.10 Å². The zero-order valence-corrected chi connectivity index (χ0v) is 12.6. The third kappa shape index (κ3) is 2.78. The number of hydrazone groups is 1. The molecule has 0 saturated heterocycles. The van der Waals surface area contributed by atoms with Gasteiger partial charge in [0.15, 0.2) is 0 Å². The lowest BCUT2D eigenvalue weighted by atomic mass is 10.1. The number of carbonyl (C=O) groups excluding carboxylic acids is 2. The van der Waals surface area contributed by atoms with Gasteiger partial charge in [-0.05, 0) is 6.08 Å². The highest BCUT2D eigenvalue weighted by Gasteiger charge is 2.26. The molecule has 0 aliphatic carbocycles. The number of nitrogens with zero attached hydrogens (tertiary/aromatic N) is 3. The zero-order chi connectivity index (χ0) is 17.3. The van der Waals surface area contributed by atoms with Gasteiger partial charge in [-0.15, -0.1) is 0 Å². The van der Waals surface area contributed by atoms with Crippen LogP contribution in [0, 0.1) is 0 Å². The molecule has 23 heavy (non-hydrogen) atoms. The molecule has 2 heterocycles. The molecule has 122 valence electrons. The maximum atomic E-state index is 12.1. The molecule has 1 aliphatic heterocycles. The highest BCUT2D eigenvalue weighted by Crippen LogP contribution is 2.17. The van der Waals surface area contributed by atoms with Crippen LogP contribution in [0.5, 0.6) is 5.88 Å². The molecule has 1 aliphatic rings. The summed E-state index contributed by atoms with van der Waals surface area (Å²) in [4.78, 5) is 47.0. The molecule has 0 saturated carbocycles. The molecule has 2 N–H and O–H groups in total. The van der Waals surface area contributed by atoms with Gasteiger partial charge in [0.05, 0.1) is 24.8 Å². The molecule has 0 fully saturated rings. The van der Waals surface area contributed by atoms with Gasteiger partial charge in [0.25, 0.3) is 11.5 Å². The smallest absolute Gasteiger partial charge is 0.333 e. The van der Waals surface area contributed by atoms with E-state index in [2.05, 4.69) is 15.3 Å². The first-order valence-electron chi connectivity index (χ1n) is 6.42. The standard InChI is InChI=1S/C13H14N4O6/c1-16-11(20)7(12(21)17(2)13(16)22)4-6-8(5-9(18)23-3)14-15-10(6)19/h4,20H,5H2,1-3H3,(H,15,19)/b6-4-. The molecule has 1 aromatic rings. The second kappa shape index (κ2) is 5.91. The fourth-order valence-corrected chi connectivity index (χ4v) is 1.99. The number of rotatable bonds is 3. The van der Waals surface area contributed by atoms with Gasteiger partial charge >= 0.3 is 11.7 Å². The first-order chi connectivity index (χ1) is 10.8. The Balaban J connectivity index is 2.59. The van der Waals surface area contributed by atoms with Crippen molar-refractivity contribution in [3.63, 3.8) is 0 Å². The van der Waals surface area contributed by atoms with Crippen molar-refractivity contribution >= 4 is 23.7 Å². The summed E-state index contributed by atoms with van der Waals surface area (Å²) in [5.74, 6) is -1.86. The first-order valence-corrected chi connectivity index (χ1v) is 6.42. The maximum absolute atomic E-state index is 12.1. The Morgan fingerprint density at radius 1 is 1.30 bits per heavy atom. The van der Waals surface area contributed by atoms with Crippen LogP contribution >= 0.6 is 0 Å². The minimum atomic E-state index is -0.782. The fourth-order valence-electron chi connectivity index (χ4n) is 1.99. The topological polar surface area (TPSA) is 132 Å². The van der Waals surface area contributed by atoms with Crippen molar-refractivity contribution in [2.24, 2.45) is 19.2 Å². The fraction of sp³-hybridized carbons (Fsp3) is 0.308. The lowest BCUT2D eigenvalue weighted by Gasteiger charge is -2.08. The second-order valence-electron chi connectivity index (χ2n) is 4.75. The van der Waals surface area contributed by atoms with E-state index in [9.17, 15) is 24.3 Å². The Morgan fingerprint density at radius 3 is 2.57 bits per heavy atom. The number of nitrogens with one attached hydrogen (secondary N) is 1. The Hall–Kier alpha value is -3.17. The van der Waals surface area contributed by atoms with E-state index in [1.165, 1.54) is 21.2 Å². The molecule has 0 aromatic carbocycles. The summed E-state index contributed by atoms with van der Waals surface area (Å²) < 4.78 is 6.15. The highest BCUT2D eigenvalue weighted by atomic mass is 16.5. The average molecular weight is 322 g/mol. The number of hydrogen-bond acceptors (Lipinski definition) is 7. The van der Waals surface area contributed by atoms with Gasteiger partial charge in [-0.3, -0.25) is 23.5 Å². The Labute approximate surface area is 129 Å². The molecule has 10 nitrogen and oxygen atoms in total. The van der Waals surface area contributed by atoms with E-state index in [0.29, 0.717) is 0 Å². The lowest BCUT2D eigenvalue weighted by Crippen LogP contribution is -2.38. The summed E-state index contributed by atoms with van der Waals surface area (Å²) in [7, 11) is 3.70. The number of methoxy groups -OCH3 is 1. The van der Waals surface area contributed by atoms with Gasteiger partial charge in [-0.1, -0.05) is 0 Å². The van der Waals surface area contributed by atoms with Crippen LogP contribution in [0.25, 0.3) is 6.08 Å². The minimum Gasteiger partial charge on any atom is -0.494 e. The third-order valence-corrected chi connectivity index (χ3v) is 3.34. The molecular formula is C13H14N4O6. The number of amides is 1. The third-order valence-electron chi connectivity index (χ3n) is 3.34. The number of aromatic nitrogens is 2. The number of carbonyl (C=O) groups is 2. The molecule has 2 rings (SSSR count). The minimum absolute atomic E-state index is 0.0668. The van der Waals surface area contributed by atoms with Crippen molar-refractivity contribution in [3.05, 3.63) is 32.0 Å². The number of aromatic hydroxyl groups is 1. The highest BCUT2D eigenvalue weighted by molar-refractivity contribution is 6.30. The summed E-state index contributed by atoms with van der Waals surface area (Å²) in [5.41, 5.74) is 0.401. The van der Waals surface area contributed by atoms with Crippen molar-refractivity contribution < 1.29 is 19.4 Å². The number of esters is 1. The Bertz CT molecular complexity index is 874. The summed E-state index contributed by atoms with van der Waals surface area (Å²) >= 11 is 0. The van der Waals surface area contributed by atoms with Crippen LogP contribution in [0.3, 0.4) is 0 Å². The van der Waals surface area contributed by atoms with Gasteiger partial charge in [0.1, 0.15) is 5.56 Å². The largest absolute Gasteiger partial charge is 0.494 e. The molecule has 10 heteroatoms. The van der Waals surface area contributed by atoms with Gasteiger partial charge in [-0.25, -0.2) is 10.2 Å². The number of hydrogen-bond donors (Lipinski definition) is 2. The molecule has 1 amide bonds. The Morgan fingerprint density at radius 2 is 1.96 bits per heavy atom. The van der Waals surface area contributed by atoms with Crippen LogP contribution in [0.1, 0.15) is 12.0 Å². The van der Waals surface area contributed by atoms with E-state index in [1.807, 2.05) is 0 Å². The van der Waals surface area contributed by atoms with Gasteiger partial charge in [0.2, 0.25) is 5.88 Å². The van der Waals surface area contributed by atoms with Crippen molar-refractivity contribution in [2.45, 2.75) is 6.42 Å². The number of ether oxygens (including phenoxy) is 1. The van der Waals surface area contributed by atoms with E-state index in [4.69, 9.17) is 0 Å². The molecule has 0 bridgehead atoms.